The Bertz CT molecular complexity index is 1560. The van der Waals surface area contributed by atoms with Crippen molar-refractivity contribution in [1.29, 1.82) is 0 Å². The average Bonchev–Trinajstić information content (AvgIpc) is 3.66. The number of hydrogen-bond acceptors (Lipinski definition) is 8. The van der Waals surface area contributed by atoms with Gasteiger partial charge in [-0.25, -0.2) is 23.5 Å². The van der Waals surface area contributed by atoms with Crippen LogP contribution in [0.2, 0.25) is 5.02 Å². The first-order valence-electron chi connectivity index (χ1n) is 13.5. The van der Waals surface area contributed by atoms with Gasteiger partial charge in [0.2, 0.25) is 11.8 Å². The van der Waals surface area contributed by atoms with E-state index < -0.39 is 18.2 Å². The first-order valence-corrected chi connectivity index (χ1v) is 13.8. The highest BCUT2D eigenvalue weighted by molar-refractivity contribution is 6.30. The van der Waals surface area contributed by atoms with Crippen molar-refractivity contribution >= 4 is 28.6 Å². The fourth-order valence-electron chi connectivity index (χ4n) is 5.98. The molecule has 1 N–H and O–H groups in total. The maximum atomic E-state index is 14.3. The van der Waals surface area contributed by atoms with E-state index in [4.69, 9.17) is 30.8 Å². The Morgan fingerprint density at radius 3 is 2.67 bits per heavy atom. The lowest BCUT2D eigenvalue weighted by Crippen LogP contribution is -2.37. The van der Waals surface area contributed by atoms with Crippen LogP contribution in [0.15, 0.2) is 33.8 Å². The summed E-state index contributed by atoms with van der Waals surface area (Å²) in [5.74, 6) is 0.883. The van der Waals surface area contributed by atoms with Gasteiger partial charge in [-0.3, -0.25) is 14.5 Å². The number of fused-ring (bicyclic) bond motifs is 1. The highest BCUT2D eigenvalue weighted by atomic mass is 35.5. The number of aromatic amines is 1. The third-order valence-electron chi connectivity index (χ3n) is 8.13. The summed E-state index contributed by atoms with van der Waals surface area (Å²) in [7, 11) is 1.54. The molecular weight excluding hydrogens is 544 g/mol. The van der Waals surface area contributed by atoms with Crippen molar-refractivity contribution in [1.82, 2.24) is 29.7 Å². The van der Waals surface area contributed by atoms with E-state index in [2.05, 4.69) is 22.0 Å². The van der Waals surface area contributed by atoms with Gasteiger partial charge in [0.1, 0.15) is 5.69 Å². The number of anilines is 1. The maximum absolute atomic E-state index is 14.3. The molecule has 1 saturated carbocycles. The summed E-state index contributed by atoms with van der Waals surface area (Å²) in [5.41, 5.74) is 2.65. The number of halogens is 3. The second kappa shape index (κ2) is 10.9. The normalized spacial score (nSPS) is 23.5. The van der Waals surface area contributed by atoms with Crippen molar-refractivity contribution in [3.63, 3.8) is 0 Å². The predicted molar refractivity (Wildman–Crippen MR) is 146 cm³/mol. The molecule has 0 spiro atoms. The second-order valence-electron chi connectivity index (χ2n) is 10.9. The number of ether oxygens (including phenoxy) is 1. The molecule has 1 aliphatic carbocycles. The topological polar surface area (TPSA) is 115 Å². The number of alkyl halides is 2. The summed E-state index contributed by atoms with van der Waals surface area (Å²) in [6.45, 7) is 3.16. The maximum Gasteiger partial charge on any atom is 0.439 e. The Kier molecular flexibility index (Phi) is 7.30. The Morgan fingerprint density at radius 2 is 2.00 bits per heavy atom. The smallest absolute Gasteiger partial charge is 0.380 e. The lowest BCUT2D eigenvalue weighted by atomic mass is 9.83. The molecule has 4 aromatic rings. The van der Waals surface area contributed by atoms with Gasteiger partial charge in [0.25, 0.3) is 6.43 Å². The summed E-state index contributed by atoms with van der Waals surface area (Å²) in [6, 6.07) is 2.39. The van der Waals surface area contributed by atoms with E-state index >= 15 is 0 Å². The van der Waals surface area contributed by atoms with Gasteiger partial charge < -0.3 is 14.2 Å². The zero-order chi connectivity index (χ0) is 28.0. The number of aromatic nitrogens is 6. The molecule has 1 saturated heterocycles. The van der Waals surface area contributed by atoms with Gasteiger partial charge in [-0.15, -0.1) is 0 Å². The van der Waals surface area contributed by atoms with Crippen LogP contribution >= 0.6 is 11.6 Å². The molecule has 0 amide bonds. The standard InChI is InChI=1S/C27H30ClF2N7O3/c1-14-3-5-15(6-4-14)12-37-23-19(33-26(37)36-13-18(39-2)8-21(36)24(29)30)9-20(25-34-27(38)40-35-25)32-22(23)16-7-17(28)11-31-10-16/h7,9-11,14-15,18,21,24H,3-6,8,12-13H2,1-2H3,(H,34,35,38)/t14-,15-,18-,21+/m1/s1. The van der Waals surface area contributed by atoms with E-state index in [9.17, 15) is 13.6 Å². The molecule has 10 nitrogen and oxygen atoms in total. The Balaban J connectivity index is 1.58. The number of hydrogen-bond donors (Lipinski definition) is 1. The summed E-state index contributed by atoms with van der Waals surface area (Å²) >= 11 is 6.32. The van der Waals surface area contributed by atoms with Crippen molar-refractivity contribution in [2.45, 2.75) is 64.1 Å². The molecule has 2 aliphatic rings. The molecule has 5 heterocycles. The van der Waals surface area contributed by atoms with E-state index in [1.54, 1.807) is 30.3 Å². The average molecular weight is 574 g/mol. The molecule has 0 bridgehead atoms. The highest BCUT2D eigenvalue weighted by Gasteiger charge is 2.41. The lowest BCUT2D eigenvalue weighted by Gasteiger charge is -2.30. The number of nitrogens with zero attached hydrogens (tertiary/aromatic N) is 6. The highest BCUT2D eigenvalue weighted by Crippen LogP contribution is 2.39. The lowest BCUT2D eigenvalue weighted by molar-refractivity contribution is 0.0869. The summed E-state index contributed by atoms with van der Waals surface area (Å²) < 4.78 is 40.9. The first kappa shape index (κ1) is 26.8. The second-order valence-corrected chi connectivity index (χ2v) is 11.3. The minimum absolute atomic E-state index is 0.131. The molecule has 13 heteroatoms. The SMILES string of the molecule is CO[C@@H]1C[C@@H](C(F)F)N(c2nc3cc(-c4noc(=O)[nH]4)nc(-c4cncc(Cl)c4)c3n2C[C@H]2CC[C@H](C)CC2)C1. The number of nitrogens with one attached hydrogen (secondary N) is 1. The fourth-order valence-corrected chi connectivity index (χ4v) is 6.15. The Hall–Kier alpha value is -3.38. The van der Waals surface area contributed by atoms with Crippen LogP contribution < -0.4 is 10.7 Å². The van der Waals surface area contributed by atoms with Gasteiger partial charge in [0, 0.05) is 44.6 Å². The van der Waals surface area contributed by atoms with Crippen molar-refractivity contribution in [2.75, 3.05) is 18.6 Å². The van der Waals surface area contributed by atoms with Crippen LogP contribution in [-0.4, -0.2) is 61.9 Å². The Morgan fingerprint density at radius 1 is 1.20 bits per heavy atom. The largest absolute Gasteiger partial charge is 0.439 e. The van der Waals surface area contributed by atoms with Crippen LogP contribution in [0, 0.1) is 11.8 Å². The number of pyridine rings is 2. The molecule has 4 aromatic heterocycles. The quantitative estimate of drug-likeness (QED) is 0.322. The number of rotatable bonds is 7. The van der Waals surface area contributed by atoms with Gasteiger partial charge >= 0.3 is 5.76 Å². The molecule has 0 radical (unpaired) electrons. The van der Waals surface area contributed by atoms with Crippen LogP contribution in [0.25, 0.3) is 33.8 Å². The van der Waals surface area contributed by atoms with Crippen LogP contribution in [-0.2, 0) is 11.3 Å². The van der Waals surface area contributed by atoms with Gasteiger partial charge in [-0.1, -0.05) is 36.5 Å². The minimum Gasteiger partial charge on any atom is -0.380 e. The predicted octanol–water partition coefficient (Wildman–Crippen LogP) is 5.18. The van der Waals surface area contributed by atoms with E-state index in [0.717, 1.165) is 25.7 Å². The van der Waals surface area contributed by atoms with E-state index in [-0.39, 0.29) is 18.3 Å². The molecule has 40 heavy (non-hydrogen) atoms. The molecule has 0 unspecified atom stereocenters. The Labute approximate surface area is 233 Å². The van der Waals surface area contributed by atoms with Crippen molar-refractivity contribution in [3.05, 3.63) is 40.1 Å². The van der Waals surface area contributed by atoms with Crippen molar-refractivity contribution in [3.8, 4) is 22.8 Å². The first-order chi connectivity index (χ1) is 19.3. The number of imidazole rings is 1. The number of methoxy groups -OCH3 is 1. The summed E-state index contributed by atoms with van der Waals surface area (Å²) in [5, 5.41) is 4.22. The zero-order valence-electron chi connectivity index (χ0n) is 22.2. The van der Waals surface area contributed by atoms with E-state index in [0.29, 0.717) is 63.9 Å². The summed E-state index contributed by atoms with van der Waals surface area (Å²) in [6.07, 6.45) is 4.77. The van der Waals surface area contributed by atoms with Crippen LogP contribution in [0.3, 0.4) is 0 Å². The minimum atomic E-state index is -2.57. The van der Waals surface area contributed by atoms with Crippen LogP contribution in [0.1, 0.15) is 39.0 Å². The van der Waals surface area contributed by atoms with Crippen LogP contribution in [0.5, 0.6) is 0 Å². The zero-order valence-corrected chi connectivity index (χ0v) is 22.9. The molecular formula is C27H30ClF2N7O3. The van der Waals surface area contributed by atoms with Crippen LogP contribution in [0.4, 0.5) is 14.7 Å². The molecule has 2 fully saturated rings. The van der Waals surface area contributed by atoms with Gasteiger partial charge in [-0.2, -0.15) is 0 Å². The molecule has 6 rings (SSSR count). The van der Waals surface area contributed by atoms with E-state index in [1.165, 1.54) is 6.20 Å². The third kappa shape index (κ3) is 5.10. The van der Waals surface area contributed by atoms with E-state index in [1.807, 2.05) is 4.57 Å². The monoisotopic (exact) mass is 573 g/mol. The van der Waals surface area contributed by atoms with Gasteiger partial charge in [-0.05, 0) is 36.8 Å². The molecule has 0 aromatic carbocycles. The molecule has 1 aliphatic heterocycles. The molecule has 212 valence electrons. The third-order valence-corrected chi connectivity index (χ3v) is 8.33. The van der Waals surface area contributed by atoms with Gasteiger partial charge in [0.15, 0.2) is 0 Å². The van der Waals surface area contributed by atoms with Crippen molar-refractivity contribution in [2.24, 2.45) is 11.8 Å². The fraction of sp³-hybridized carbons (Fsp3) is 0.519. The van der Waals surface area contributed by atoms with Gasteiger partial charge in [0.05, 0.1) is 33.9 Å². The number of H-pyrrole nitrogens is 1. The molecule has 2 atom stereocenters. The summed E-state index contributed by atoms with van der Waals surface area (Å²) in [4.78, 5) is 29.9. The van der Waals surface area contributed by atoms with Crippen molar-refractivity contribution < 1.29 is 18.0 Å².